The molecule has 154 valence electrons. The fourth-order valence-corrected chi connectivity index (χ4v) is 3.88. The number of aromatic nitrogens is 1. The third-order valence-electron chi connectivity index (χ3n) is 4.81. The van der Waals surface area contributed by atoms with Crippen molar-refractivity contribution in [1.82, 2.24) is 15.2 Å². The zero-order valence-electron chi connectivity index (χ0n) is 15.8. The molecule has 0 spiro atoms. The van der Waals surface area contributed by atoms with E-state index in [1.807, 2.05) is 30.3 Å². The van der Waals surface area contributed by atoms with Crippen molar-refractivity contribution in [3.05, 3.63) is 45.4 Å². The first-order valence-electron chi connectivity index (χ1n) is 9.14. The molecule has 0 bridgehead atoms. The van der Waals surface area contributed by atoms with Gasteiger partial charge in [0.1, 0.15) is 0 Å². The van der Waals surface area contributed by atoms with Gasteiger partial charge < -0.3 is 20.1 Å². The van der Waals surface area contributed by atoms with Gasteiger partial charge in [0.15, 0.2) is 0 Å². The predicted octanol–water partition coefficient (Wildman–Crippen LogP) is 3.97. The van der Waals surface area contributed by atoms with Gasteiger partial charge in [0.2, 0.25) is 11.8 Å². The van der Waals surface area contributed by atoms with Gasteiger partial charge in [0, 0.05) is 41.2 Å². The Labute approximate surface area is 182 Å². The average Bonchev–Trinajstić information content (AvgIpc) is 3.11. The number of benzene rings is 1. The monoisotopic (exact) mass is 481 g/mol. The molecule has 0 saturated carbocycles. The van der Waals surface area contributed by atoms with Gasteiger partial charge >= 0.3 is 6.09 Å². The van der Waals surface area contributed by atoms with E-state index in [0.717, 1.165) is 15.6 Å². The van der Waals surface area contributed by atoms with E-state index in [1.165, 1.54) is 12.0 Å². The van der Waals surface area contributed by atoms with Crippen LogP contribution in [0.5, 0.6) is 5.88 Å². The molecule has 3 rings (SSSR count). The minimum atomic E-state index is -1.02. The van der Waals surface area contributed by atoms with Gasteiger partial charge in [-0.25, -0.2) is 9.78 Å². The third-order valence-corrected chi connectivity index (χ3v) is 6.10. The number of amides is 2. The molecule has 1 aromatic carbocycles. The SMILES string of the molecule is COc1nc(-c2cccc(Br)c2Cl)ccc1CCN(C[C@@H]1CCC(=O)N1)C(=O)O. The van der Waals surface area contributed by atoms with Crippen molar-refractivity contribution >= 4 is 39.5 Å². The van der Waals surface area contributed by atoms with Gasteiger partial charge in [-0.15, -0.1) is 0 Å². The Morgan fingerprint density at radius 3 is 2.86 bits per heavy atom. The van der Waals surface area contributed by atoms with Gasteiger partial charge in [-0.1, -0.05) is 29.8 Å². The highest BCUT2D eigenvalue weighted by atomic mass is 79.9. The smallest absolute Gasteiger partial charge is 0.407 e. The fraction of sp³-hybridized carbons (Fsp3) is 0.350. The maximum Gasteiger partial charge on any atom is 0.407 e. The van der Waals surface area contributed by atoms with Crippen LogP contribution in [-0.2, 0) is 11.2 Å². The van der Waals surface area contributed by atoms with Crippen LogP contribution >= 0.6 is 27.5 Å². The molecule has 1 aliphatic heterocycles. The number of hydrogen-bond donors (Lipinski definition) is 2. The lowest BCUT2D eigenvalue weighted by molar-refractivity contribution is -0.119. The molecule has 1 aromatic heterocycles. The second-order valence-corrected chi connectivity index (χ2v) is 7.98. The van der Waals surface area contributed by atoms with E-state index in [9.17, 15) is 14.7 Å². The fourth-order valence-electron chi connectivity index (χ4n) is 3.29. The Morgan fingerprint density at radius 2 is 2.21 bits per heavy atom. The Kier molecular flexibility index (Phi) is 6.97. The van der Waals surface area contributed by atoms with Crippen molar-refractivity contribution < 1.29 is 19.4 Å². The van der Waals surface area contributed by atoms with Gasteiger partial charge in [0.05, 0.1) is 17.8 Å². The number of nitrogens with zero attached hydrogens (tertiary/aromatic N) is 2. The van der Waals surface area contributed by atoms with Gasteiger partial charge in [-0.3, -0.25) is 4.79 Å². The summed E-state index contributed by atoms with van der Waals surface area (Å²) in [4.78, 5) is 28.8. The summed E-state index contributed by atoms with van der Waals surface area (Å²) in [6, 6.07) is 9.17. The standard InChI is InChI=1S/C20H21BrClN3O4/c1-29-19-12(5-7-16(24-19)14-3-2-4-15(21)18(14)22)9-10-25(20(27)28)11-13-6-8-17(26)23-13/h2-5,7,13H,6,8-11H2,1H3,(H,23,26)(H,27,28)/t13-/m0/s1. The Hall–Kier alpha value is -2.32. The first-order valence-corrected chi connectivity index (χ1v) is 10.3. The Morgan fingerprint density at radius 1 is 1.41 bits per heavy atom. The van der Waals surface area contributed by atoms with Crippen molar-refractivity contribution in [2.75, 3.05) is 20.2 Å². The highest BCUT2D eigenvalue weighted by Crippen LogP contribution is 2.34. The molecular formula is C20H21BrClN3O4. The minimum absolute atomic E-state index is 0.0343. The van der Waals surface area contributed by atoms with E-state index in [-0.39, 0.29) is 25.0 Å². The van der Waals surface area contributed by atoms with Crippen LogP contribution in [0.3, 0.4) is 0 Å². The largest absolute Gasteiger partial charge is 0.481 e. The zero-order valence-corrected chi connectivity index (χ0v) is 18.2. The molecule has 0 radical (unpaired) electrons. The normalized spacial score (nSPS) is 15.8. The van der Waals surface area contributed by atoms with Crippen molar-refractivity contribution in [1.29, 1.82) is 0 Å². The lowest BCUT2D eigenvalue weighted by Gasteiger charge is -2.23. The minimum Gasteiger partial charge on any atom is -0.481 e. The van der Waals surface area contributed by atoms with Crippen LogP contribution in [0, 0.1) is 0 Å². The molecule has 2 heterocycles. The highest BCUT2D eigenvalue weighted by Gasteiger charge is 2.25. The number of carbonyl (C=O) groups excluding carboxylic acids is 1. The number of pyridine rings is 1. The van der Waals surface area contributed by atoms with E-state index in [4.69, 9.17) is 16.3 Å². The number of methoxy groups -OCH3 is 1. The lowest BCUT2D eigenvalue weighted by Crippen LogP contribution is -2.42. The number of rotatable bonds is 7. The molecule has 29 heavy (non-hydrogen) atoms. The third kappa shape index (κ3) is 5.19. The maximum atomic E-state index is 11.6. The van der Waals surface area contributed by atoms with Crippen LogP contribution < -0.4 is 10.1 Å². The first kappa shape index (κ1) is 21.4. The van der Waals surface area contributed by atoms with Gasteiger partial charge in [0.25, 0.3) is 0 Å². The molecule has 7 nitrogen and oxygen atoms in total. The summed E-state index contributed by atoms with van der Waals surface area (Å²) in [5.41, 5.74) is 2.24. The number of carboxylic acid groups (broad SMARTS) is 1. The molecule has 9 heteroatoms. The summed E-state index contributed by atoms with van der Waals surface area (Å²) in [7, 11) is 1.53. The summed E-state index contributed by atoms with van der Waals surface area (Å²) in [5.74, 6) is 0.394. The summed E-state index contributed by atoms with van der Waals surface area (Å²) in [6.45, 7) is 0.541. The van der Waals surface area contributed by atoms with Gasteiger partial charge in [-0.05, 0) is 40.9 Å². The van der Waals surface area contributed by atoms with Crippen LogP contribution in [0.2, 0.25) is 5.02 Å². The zero-order chi connectivity index (χ0) is 21.0. The molecule has 2 amide bonds. The van der Waals surface area contributed by atoms with Crippen molar-refractivity contribution in [3.63, 3.8) is 0 Å². The number of hydrogen-bond acceptors (Lipinski definition) is 4. The molecule has 1 atom stereocenters. The second kappa shape index (κ2) is 9.45. The van der Waals surface area contributed by atoms with Gasteiger partial charge in [-0.2, -0.15) is 0 Å². The molecule has 0 aliphatic carbocycles. The maximum absolute atomic E-state index is 11.6. The number of halogens is 2. The molecule has 2 N–H and O–H groups in total. The van der Waals surface area contributed by atoms with Crippen molar-refractivity contribution in [2.24, 2.45) is 0 Å². The summed E-state index contributed by atoms with van der Waals surface area (Å²) in [6.07, 6.45) is 0.511. The first-order chi connectivity index (χ1) is 13.9. The second-order valence-electron chi connectivity index (χ2n) is 6.75. The van der Waals surface area contributed by atoms with E-state index in [0.29, 0.717) is 35.9 Å². The number of nitrogens with one attached hydrogen (secondary N) is 1. The average molecular weight is 483 g/mol. The summed E-state index contributed by atoms with van der Waals surface area (Å²) < 4.78 is 6.20. The quantitative estimate of drug-likeness (QED) is 0.623. The predicted molar refractivity (Wildman–Crippen MR) is 113 cm³/mol. The van der Waals surface area contributed by atoms with Crippen LogP contribution in [0.1, 0.15) is 18.4 Å². The van der Waals surface area contributed by atoms with E-state index in [2.05, 4.69) is 26.2 Å². The van der Waals surface area contributed by atoms with Crippen molar-refractivity contribution in [3.8, 4) is 17.1 Å². The summed E-state index contributed by atoms with van der Waals surface area (Å²) in [5, 5.41) is 12.9. The van der Waals surface area contributed by atoms with Crippen LogP contribution in [-0.4, -0.2) is 53.2 Å². The Balaban J connectivity index is 1.73. The molecule has 2 aromatic rings. The lowest BCUT2D eigenvalue weighted by atomic mass is 10.1. The molecule has 1 fully saturated rings. The van der Waals surface area contributed by atoms with E-state index in [1.54, 1.807) is 0 Å². The number of carbonyl (C=O) groups is 2. The topological polar surface area (TPSA) is 91.8 Å². The summed E-state index contributed by atoms with van der Waals surface area (Å²) >= 11 is 9.77. The van der Waals surface area contributed by atoms with E-state index < -0.39 is 6.09 Å². The Bertz CT molecular complexity index is 925. The van der Waals surface area contributed by atoms with Crippen LogP contribution in [0.15, 0.2) is 34.8 Å². The van der Waals surface area contributed by atoms with Crippen LogP contribution in [0.25, 0.3) is 11.3 Å². The van der Waals surface area contributed by atoms with Crippen molar-refractivity contribution in [2.45, 2.75) is 25.3 Å². The molecule has 1 aliphatic rings. The number of ether oxygens (including phenoxy) is 1. The highest BCUT2D eigenvalue weighted by molar-refractivity contribution is 9.10. The molecule has 0 unspecified atom stereocenters. The molecular weight excluding hydrogens is 462 g/mol. The molecule has 1 saturated heterocycles. The van der Waals surface area contributed by atoms with E-state index >= 15 is 0 Å². The van der Waals surface area contributed by atoms with Crippen LogP contribution in [0.4, 0.5) is 4.79 Å².